The Morgan fingerprint density at radius 2 is 1.69 bits per heavy atom. The quantitative estimate of drug-likeness (QED) is 0.712. The molecule has 0 spiro atoms. The van der Waals surface area contributed by atoms with Crippen molar-refractivity contribution in [1.29, 1.82) is 0 Å². The number of nitrogens with one attached hydrogen (secondary N) is 1. The van der Waals surface area contributed by atoms with Crippen LogP contribution in [0.15, 0.2) is 29.1 Å². The molecule has 0 saturated carbocycles. The van der Waals surface area contributed by atoms with Gasteiger partial charge in [-0.1, -0.05) is 6.92 Å². The smallest absolute Gasteiger partial charge is 0.260 e. The summed E-state index contributed by atoms with van der Waals surface area (Å²) < 4.78 is 28.7. The average Bonchev–Trinajstić information content (AvgIpc) is 2.80. The molecule has 1 aliphatic rings. The first-order valence-corrected chi connectivity index (χ1v) is 12.1. The molecule has 3 rings (SSSR count). The van der Waals surface area contributed by atoms with Gasteiger partial charge in [-0.15, -0.1) is 0 Å². The molecule has 0 saturated heterocycles. The second kappa shape index (κ2) is 11.6. The van der Waals surface area contributed by atoms with Crippen LogP contribution in [0.3, 0.4) is 0 Å². The lowest BCUT2D eigenvalue weighted by Crippen LogP contribution is -2.41. The molecule has 1 N–H and O–H groups in total. The predicted octanol–water partition coefficient (Wildman–Crippen LogP) is 3.85. The minimum atomic E-state index is -1.05. The molecular formula is C26H34F2N4O3. The van der Waals surface area contributed by atoms with Crippen LogP contribution in [0.25, 0.3) is 0 Å². The van der Waals surface area contributed by atoms with Gasteiger partial charge in [0.2, 0.25) is 5.91 Å². The monoisotopic (exact) mass is 488 g/mol. The summed E-state index contributed by atoms with van der Waals surface area (Å²) in [6.07, 6.45) is 1.52. The summed E-state index contributed by atoms with van der Waals surface area (Å²) in [5.74, 6) is -2.81. The third kappa shape index (κ3) is 6.33. The largest absolute Gasteiger partial charge is 0.334 e. The van der Waals surface area contributed by atoms with Gasteiger partial charge in [0.25, 0.3) is 11.5 Å². The van der Waals surface area contributed by atoms with Crippen molar-refractivity contribution in [2.45, 2.75) is 59.5 Å². The van der Waals surface area contributed by atoms with E-state index >= 15 is 0 Å². The summed E-state index contributed by atoms with van der Waals surface area (Å²) in [7, 11) is 0. The number of benzene rings is 1. The molecule has 35 heavy (non-hydrogen) atoms. The van der Waals surface area contributed by atoms with Crippen LogP contribution in [0, 0.1) is 18.6 Å². The highest BCUT2D eigenvalue weighted by Crippen LogP contribution is 2.28. The Morgan fingerprint density at radius 3 is 2.31 bits per heavy atom. The molecule has 0 aliphatic carbocycles. The number of H-pyrrole nitrogens is 1. The van der Waals surface area contributed by atoms with E-state index < -0.39 is 23.1 Å². The van der Waals surface area contributed by atoms with Crippen LogP contribution in [0.1, 0.15) is 61.6 Å². The van der Waals surface area contributed by atoms with Crippen LogP contribution in [-0.2, 0) is 11.3 Å². The minimum Gasteiger partial charge on any atom is -0.334 e. The Kier molecular flexibility index (Phi) is 8.77. The maximum atomic E-state index is 14.3. The predicted molar refractivity (Wildman–Crippen MR) is 131 cm³/mol. The first-order chi connectivity index (χ1) is 16.6. The van der Waals surface area contributed by atoms with Crippen molar-refractivity contribution < 1.29 is 18.4 Å². The van der Waals surface area contributed by atoms with Crippen molar-refractivity contribution in [1.82, 2.24) is 14.8 Å². The highest BCUT2D eigenvalue weighted by molar-refractivity contribution is 5.95. The zero-order chi connectivity index (χ0) is 25.7. The van der Waals surface area contributed by atoms with Crippen molar-refractivity contribution in [3.8, 4) is 0 Å². The molecule has 0 bridgehead atoms. The normalized spacial score (nSPS) is 16.0. The molecule has 0 fully saturated rings. The van der Waals surface area contributed by atoms with E-state index in [0.29, 0.717) is 37.2 Å². The Labute approximate surface area is 204 Å². The van der Waals surface area contributed by atoms with Gasteiger partial charge in [0.15, 0.2) is 11.6 Å². The van der Waals surface area contributed by atoms with Crippen LogP contribution in [0.5, 0.6) is 0 Å². The molecule has 1 aromatic heterocycles. The lowest BCUT2D eigenvalue weighted by molar-refractivity contribution is -0.118. The van der Waals surface area contributed by atoms with E-state index in [-0.39, 0.29) is 36.2 Å². The molecule has 2 aromatic rings. The third-order valence-corrected chi connectivity index (χ3v) is 6.38. The van der Waals surface area contributed by atoms with Gasteiger partial charge < -0.3 is 19.7 Å². The number of fused-ring (bicyclic) bond motifs is 1. The second-order valence-electron chi connectivity index (χ2n) is 9.24. The molecule has 0 radical (unpaired) electrons. The fourth-order valence-electron chi connectivity index (χ4n) is 4.42. The van der Waals surface area contributed by atoms with Crippen molar-refractivity contribution >= 4 is 17.5 Å². The zero-order valence-corrected chi connectivity index (χ0v) is 20.9. The van der Waals surface area contributed by atoms with E-state index in [2.05, 4.69) is 23.7 Å². The Morgan fingerprint density at radius 1 is 1.03 bits per heavy atom. The minimum absolute atomic E-state index is 0.0194. The number of aromatic amines is 1. The number of aryl methyl sites for hydroxylation is 1. The molecular weight excluding hydrogens is 454 g/mol. The van der Waals surface area contributed by atoms with Gasteiger partial charge in [-0.2, -0.15) is 0 Å². The molecule has 9 heteroatoms. The molecule has 1 aliphatic heterocycles. The summed E-state index contributed by atoms with van der Waals surface area (Å²) in [6, 6.07) is 5.47. The Balaban J connectivity index is 2.09. The van der Waals surface area contributed by atoms with Gasteiger partial charge in [-0.3, -0.25) is 14.4 Å². The standard InChI is InChI=1S/C26H34F2N4O3/c1-5-24(33)32-13-7-11-30(17(2)3)10-6-12-31(16-19-14-21(27)22(28)15-23(19)32)26(35)20-9-8-18(4)29-25(20)34/h8-9,14-15,17H,5-7,10-13,16H2,1-4H3,(H,29,34). The van der Waals surface area contributed by atoms with Crippen LogP contribution < -0.4 is 10.5 Å². The average molecular weight is 489 g/mol. The molecule has 0 atom stereocenters. The van der Waals surface area contributed by atoms with E-state index in [4.69, 9.17) is 0 Å². The molecule has 2 amide bonds. The van der Waals surface area contributed by atoms with Crippen LogP contribution >= 0.6 is 0 Å². The van der Waals surface area contributed by atoms with Crippen molar-refractivity contribution in [3.05, 3.63) is 63.1 Å². The number of carbonyl (C=O) groups is 2. The van der Waals surface area contributed by atoms with E-state index in [1.165, 1.54) is 15.9 Å². The van der Waals surface area contributed by atoms with Crippen LogP contribution in [0.4, 0.5) is 14.5 Å². The number of nitrogens with zero attached hydrogens (tertiary/aromatic N) is 3. The molecule has 2 heterocycles. The van der Waals surface area contributed by atoms with Gasteiger partial charge in [0.1, 0.15) is 5.56 Å². The summed E-state index contributed by atoms with van der Waals surface area (Å²) >= 11 is 0. The number of amides is 2. The van der Waals surface area contributed by atoms with Crippen LogP contribution in [0.2, 0.25) is 0 Å². The van der Waals surface area contributed by atoms with Crippen molar-refractivity contribution in [2.24, 2.45) is 0 Å². The summed E-state index contributed by atoms with van der Waals surface area (Å²) in [4.78, 5) is 46.6. The van der Waals surface area contributed by atoms with Gasteiger partial charge in [0.05, 0.1) is 5.69 Å². The van der Waals surface area contributed by atoms with Crippen molar-refractivity contribution in [3.63, 3.8) is 0 Å². The molecule has 190 valence electrons. The maximum absolute atomic E-state index is 14.3. The van der Waals surface area contributed by atoms with E-state index in [9.17, 15) is 23.2 Å². The first kappa shape index (κ1) is 26.5. The first-order valence-electron chi connectivity index (χ1n) is 12.1. The van der Waals surface area contributed by atoms with Gasteiger partial charge >= 0.3 is 0 Å². The SMILES string of the molecule is CCC(=O)N1CCCN(C(C)C)CCCN(C(=O)c2ccc(C)[nH]c2=O)Cc2cc(F)c(F)cc21. The summed E-state index contributed by atoms with van der Waals surface area (Å²) in [5, 5.41) is 0. The maximum Gasteiger partial charge on any atom is 0.260 e. The lowest BCUT2D eigenvalue weighted by atomic mass is 10.1. The highest BCUT2D eigenvalue weighted by Gasteiger charge is 2.26. The zero-order valence-electron chi connectivity index (χ0n) is 20.9. The fourth-order valence-corrected chi connectivity index (χ4v) is 4.42. The number of rotatable bonds is 3. The number of halogens is 2. The number of hydrogen-bond acceptors (Lipinski definition) is 4. The fraction of sp³-hybridized carbons (Fsp3) is 0.500. The topological polar surface area (TPSA) is 76.7 Å². The Bertz CT molecular complexity index is 1130. The second-order valence-corrected chi connectivity index (χ2v) is 9.24. The Hall–Kier alpha value is -3.07. The van der Waals surface area contributed by atoms with E-state index in [1.54, 1.807) is 19.9 Å². The van der Waals surface area contributed by atoms with Gasteiger partial charge in [0, 0.05) is 56.9 Å². The third-order valence-electron chi connectivity index (χ3n) is 6.38. The highest BCUT2D eigenvalue weighted by atomic mass is 19.2. The number of pyridine rings is 1. The summed E-state index contributed by atoms with van der Waals surface area (Å²) in [6.45, 7) is 9.65. The van der Waals surface area contributed by atoms with Gasteiger partial charge in [-0.05, 0) is 57.4 Å². The van der Waals surface area contributed by atoms with Crippen molar-refractivity contribution in [2.75, 3.05) is 31.1 Å². The summed E-state index contributed by atoms with van der Waals surface area (Å²) in [5.41, 5.74) is 0.684. The van der Waals surface area contributed by atoms with Gasteiger partial charge in [-0.25, -0.2) is 8.78 Å². The molecule has 1 aromatic carbocycles. The number of carbonyl (C=O) groups excluding carboxylic acids is 2. The van der Waals surface area contributed by atoms with E-state index in [0.717, 1.165) is 25.2 Å². The number of anilines is 1. The molecule has 0 unspecified atom stereocenters. The van der Waals surface area contributed by atoms with E-state index in [1.807, 2.05) is 0 Å². The molecule has 7 nitrogen and oxygen atoms in total. The number of hydrogen-bond donors (Lipinski definition) is 1. The number of aromatic nitrogens is 1. The van der Waals surface area contributed by atoms with Crippen LogP contribution in [-0.4, -0.2) is 58.8 Å². The lowest BCUT2D eigenvalue weighted by Gasteiger charge is -2.33.